The second-order valence-electron chi connectivity index (χ2n) is 6.33. The summed E-state index contributed by atoms with van der Waals surface area (Å²) in [5.41, 5.74) is 3.49. The van der Waals surface area contributed by atoms with Gasteiger partial charge in [0.2, 0.25) is 0 Å². The van der Waals surface area contributed by atoms with Crippen LogP contribution in [0, 0.1) is 5.82 Å². The van der Waals surface area contributed by atoms with Gasteiger partial charge in [0.05, 0.1) is 5.56 Å². The third-order valence-corrected chi connectivity index (χ3v) is 4.61. The quantitative estimate of drug-likeness (QED) is 0.466. The highest BCUT2D eigenvalue weighted by molar-refractivity contribution is 6.08. The summed E-state index contributed by atoms with van der Waals surface area (Å²) in [7, 11) is 0. The van der Waals surface area contributed by atoms with Crippen molar-refractivity contribution >= 4 is 22.8 Å². The van der Waals surface area contributed by atoms with Crippen molar-refractivity contribution in [1.29, 1.82) is 0 Å². The lowest BCUT2D eigenvalue weighted by Crippen LogP contribution is -1.99. The maximum Gasteiger partial charge on any atom is 0.352 e. The van der Waals surface area contributed by atoms with E-state index in [1.807, 2.05) is 12.1 Å². The Labute approximate surface area is 158 Å². The Balaban J connectivity index is 1.88. The van der Waals surface area contributed by atoms with Gasteiger partial charge in [-0.25, -0.2) is 14.0 Å². The van der Waals surface area contributed by atoms with Crippen molar-refractivity contribution in [3.63, 3.8) is 0 Å². The number of fused-ring (bicyclic) bond motifs is 1. The zero-order valence-electron chi connectivity index (χ0n) is 14.4. The number of H-pyrrole nitrogens is 1. The molecule has 28 heavy (non-hydrogen) atoms. The van der Waals surface area contributed by atoms with Crippen LogP contribution in [-0.2, 0) is 0 Å². The minimum absolute atomic E-state index is 0.0225. The van der Waals surface area contributed by atoms with Gasteiger partial charge in [0.15, 0.2) is 0 Å². The highest BCUT2D eigenvalue weighted by Gasteiger charge is 2.19. The van der Waals surface area contributed by atoms with Crippen LogP contribution in [0.25, 0.3) is 33.2 Å². The Morgan fingerprint density at radius 1 is 0.750 bits per heavy atom. The maximum absolute atomic E-state index is 13.2. The predicted octanol–water partition coefficient (Wildman–Crippen LogP) is 5.04. The first kappa shape index (κ1) is 17.5. The molecule has 6 heteroatoms. The van der Waals surface area contributed by atoms with Crippen LogP contribution < -0.4 is 0 Å². The van der Waals surface area contributed by atoms with Crippen molar-refractivity contribution in [2.75, 3.05) is 0 Å². The highest BCUT2D eigenvalue weighted by atomic mass is 19.1. The number of carboxylic acid groups (broad SMARTS) is 2. The number of halogens is 1. The summed E-state index contributed by atoms with van der Waals surface area (Å²) in [5, 5.41) is 19.4. The number of aromatic amines is 1. The van der Waals surface area contributed by atoms with Crippen molar-refractivity contribution in [1.82, 2.24) is 4.98 Å². The number of aromatic nitrogens is 1. The monoisotopic (exact) mass is 375 g/mol. The number of hydrogen-bond donors (Lipinski definition) is 3. The Morgan fingerprint density at radius 3 is 1.96 bits per heavy atom. The standard InChI is InChI=1S/C22H14FNO4/c23-16-8-5-12(6-9-16)15-7-10-17-18(11-15)24-20(22(27)28)19(17)13-1-3-14(4-2-13)21(25)26/h1-11,24H,(H,25,26)(H,27,28). The largest absolute Gasteiger partial charge is 0.478 e. The average Bonchev–Trinajstić information content (AvgIpc) is 3.07. The molecule has 0 spiro atoms. The van der Waals surface area contributed by atoms with Crippen molar-refractivity contribution in [3.05, 3.63) is 83.8 Å². The molecule has 0 saturated carbocycles. The van der Waals surface area contributed by atoms with Gasteiger partial charge >= 0.3 is 11.9 Å². The normalized spacial score (nSPS) is 10.9. The molecular formula is C22H14FNO4. The van der Waals surface area contributed by atoms with Gasteiger partial charge in [0.25, 0.3) is 0 Å². The van der Waals surface area contributed by atoms with Crippen LogP contribution in [0.15, 0.2) is 66.7 Å². The molecule has 5 nitrogen and oxygen atoms in total. The lowest BCUT2D eigenvalue weighted by atomic mass is 9.98. The molecule has 0 aliphatic carbocycles. The molecule has 0 unspecified atom stereocenters. The number of carboxylic acids is 2. The van der Waals surface area contributed by atoms with Crippen LogP contribution >= 0.6 is 0 Å². The summed E-state index contributed by atoms with van der Waals surface area (Å²) in [4.78, 5) is 25.8. The van der Waals surface area contributed by atoms with Gasteiger partial charge in [0, 0.05) is 16.5 Å². The minimum atomic E-state index is -1.11. The van der Waals surface area contributed by atoms with E-state index in [-0.39, 0.29) is 17.1 Å². The third-order valence-electron chi connectivity index (χ3n) is 4.61. The fourth-order valence-electron chi connectivity index (χ4n) is 3.26. The van der Waals surface area contributed by atoms with Crippen molar-refractivity contribution in [2.24, 2.45) is 0 Å². The van der Waals surface area contributed by atoms with Crippen LogP contribution in [0.1, 0.15) is 20.8 Å². The topological polar surface area (TPSA) is 90.4 Å². The zero-order valence-corrected chi connectivity index (χ0v) is 14.4. The molecule has 1 heterocycles. The van der Waals surface area contributed by atoms with Gasteiger partial charge in [-0.3, -0.25) is 0 Å². The number of nitrogens with one attached hydrogen (secondary N) is 1. The molecule has 0 aliphatic heterocycles. The van der Waals surface area contributed by atoms with Crippen molar-refractivity contribution < 1.29 is 24.2 Å². The average molecular weight is 375 g/mol. The first-order chi connectivity index (χ1) is 13.4. The lowest BCUT2D eigenvalue weighted by molar-refractivity contribution is 0.0683. The third kappa shape index (κ3) is 3.01. The number of benzene rings is 3. The van der Waals surface area contributed by atoms with E-state index in [1.54, 1.807) is 30.3 Å². The second-order valence-corrected chi connectivity index (χ2v) is 6.33. The van der Waals surface area contributed by atoms with Gasteiger partial charge in [-0.2, -0.15) is 0 Å². The van der Waals surface area contributed by atoms with Crippen LogP contribution in [0.4, 0.5) is 4.39 Å². The smallest absolute Gasteiger partial charge is 0.352 e. The Bertz CT molecular complexity index is 1210. The van der Waals surface area contributed by atoms with E-state index < -0.39 is 11.9 Å². The summed E-state index contributed by atoms with van der Waals surface area (Å²) >= 11 is 0. The summed E-state index contributed by atoms with van der Waals surface area (Å²) < 4.78 is 13.2. The van der Waals surface area contributed by atoms with Crippen LogP contribution in [0.2, 0.25) is 0 Å². The molecule has 0 amide bonds. The van der Waals surface area contributed by atoms with Crippen molar-refractivity contribution in [3.8, 4) is 22.3 Å². The van der Waals surface area contributed by atoms with Crippen LogP contribution in [0.5, 0.6) is 0 Å². The number of hydrogen-bond acceptors (Lipinski definition) is 2. The molecule has 0 saturated heterocycles. The van der Waals surface area contributed by atoms with Gasteiger partial charge in [0.1, 0.15) is 11.5 Å². The Hall–Kier alpha value is -3.93. The van der Waals surface area contributed by atoms with Gasteiger partial charge < -0.3 is 15.2 Å². The molecule has 0 fully saturated rings. The molecule has 0 radical (unpaired) electrons. The van der Waals surface area contributed by atoms with Gasteiger partial charge in [-0.05, 0) is 47.0 Å². The van der Waals surface area contributed by atoms with Crippen LogP contribution in [-0.4, -0.2) is 27.1 Å². The van der Waals surface area contributed by atoms with E-state index in [4.69, 9.17) is 5.11 Å². The molecule has 3 N–H and O–H groups in total. The molecule has 0 atom stereocenters. The summed E-state index contributed by atoms with van der Waals surface area (Å²) in [5.74, 6) is -2.49. The van der Waals surface area contributed by atoms with Gasteiger partial charge in [-0.1, -0.05) is 36.4 Å². The first-order valence-corrected chi connectivity index (χ1v) is 8.43. The predicted molar refractivity (Wildman–Crippen MR) is 103 cm³/mol. The minimum Gasteiger partial charge on any atom is -0.478 e. The molecule has 0 bridgehead atoms. The SMILES string of the molecule is O=C(O)c1ccc(-c2c(C(=O)O)[nH]c3cc(-c4ccc(F)cc4)ccc23)cc1. The van der Waals surface area contributed by atoms with Crippen LogP contribution in [0.3, 0.4) is 0 Å². The molecule has 4 rings (SSSR count). The summed E-state index contributed by atoms with van der Waals surface area (Å²) in [6, 6.07) is 17.6. The molecule has 138 valence electrons. The molecule has 0 aliphatic rings. The number of carbonyl (C=O) groups is 2. The maximum atomic E-state index is 13.2. The summed E-state index contributed by atoms with van der Waals surface area (Å²) in [6.45, 7) is 0. The van der Waals surface area contributed by atoms with Crippen molar-refractivity contribution in [2.45, 2.75) is 0 Å². The zero-order chi connectivity index (χ0) is 19.8. The molecule has 3 aromatic carbocycles. The lowest BCUT2D eigenvalue weighted by Gasteiger charge is -2.05. The molecule has 4 aromatic rings. The fourth-order valence-corrected chi connectivity index (χ4v) is 3.26. The van der Waals surface area contributed by atoms with E-state index in [2.05, 4.69) is 4.98 Å². The molecule has 1 aromatic heterocycles. The second kappa shape index (κ2) is 6.66. The van der Waals surface area contributed by atoms with Gasteiger partial charge in [-0.15, -0.1) is 0 Å². The van der Waals surface area contributed by atoms with E-state index >= 15 is 0 Å². The fraction of sp³-hybridized carbons (Fsp3) is 0. The van der Waals surface area contributed by atoms with E-state index in [0.29, 0.717) is 22.0 Å². The number of rotatable bonds is 4. The van der Waals surface area contributed by atoms with E-state index in [1.165, 1.54) is 24.3 Å². The van der Waals surface area contributed by atoms with E-state index in [9.17, 15) is 19.1 Å². The molecular weight excluding hydrogens is 361 g/mol. The Kier molecular flexibility index (Phi) is 4.16. The summed E-state index contributed by atoms with van der Waals surface area (Å²) in [6.07, 6.45) is 0. The Morgan fingerprint density at radius 2 is 1.36 bits per heavy atom. The number of aromatic carboxylic acids is 2. The first-order valence-electron chi connectivity index (χ1n) is 8.43. The highest BCUT2D eigenvalue weighted by Crippen LogP contribution is 2.35. The van der Waals surface area contributed by atoms with E-state index in [0.717, 1.165) is 11.1 Å².